The van der Waals surface area contributed by atoms with Crippen molar-refractivity contribution in [2.24, 2.45) is 17.8 Å². The molecule has 5 N–H and O–H groups in total. The van der Waals surface area contributed by atoms with E-state index in [0.717, 1.165) is 11.3 Å². The second-order valence-electron chi connectivity index (χ2n) is 18.2. The van der Waals surface area contributed by atoms with Gasteiger partial charge in [-0.3, -0.25) is 24.1 Å². The molecule has 3 fully saturated rings. The fraction of sp³-hybridized carbons (Fsp3) is 0.756. The van der Waals surface area contributed by atoms with Crippen molar-refractivity contribution in [2.45, 2.75) is 154 Å². The number of fused-ring (bicyclic) bond motifs is 1. The normalized spacial score (nSPS) is 34.3. The Balaban J connectivity index is 0.00000291. The molecular weight excluding hydrogens is 850 g/mol. The number of methoxy groups -OCH3 is 1. The number of aryl methyl sites for hydroxylation is 1. The number of aliphatic hydroxyl groups is 2. The van der Waals surface area contributed by atoms with E-state index < -0.39 is 71.5 Å². The largest absolute Gasteiger partial charge is 0.458 e. The van der Waals surface area contributed by atoms with Crippen molar-refractivity contribution in [3.8, 4) is 11.3 Å². The van der Waals surface area contributed by atoms with Crippen LogP contribution in [0.4, 0.5) is 14.4 Å². The van der Waals surface area contributed by atoms with Gasteiger partial charge in [-0.25, -0.2) is 4.79 Å². The zero-order chi connectivity index (χ0) is 47.5. The molecule has 3 aliphatic rings. The van der Waals surface area contributed by atoms with Crippen molar-refractivity contribution < 1.29 is 52.2 Å². The number of nitrogens with zero attached hydrogens (tertiary/aromatic N) is 5. The van der Waals surface area contributed by atoms with E-state index in [1.807, 2.05) is 77.0 Å². The van der Waals surface area contributed by atoms with Crippen molar-refractivity contribution in [1.29, 1.82) is 0 Å². The number of hydrogen-bond acceptors (Lipinski definition) is 16. The van der Waals surface area contributed by atoms with Crippen LogP contribution in [-0.2, 0) is 39.8 Å². The highest BCUT2D eigenvalue weighted by atomic mass is 32.2. The molecule has 362 valence electrons. The molecule has 1 aromatic heterocycles. The van der Waals surface area contributed by atoms with Crippen LogP contribution in [0, 0.1) is 17.8 Å². The van der Waals surface area contributed by atoms with Gasteiger partial charge in [0.2, 0.25) is 0 Å². The predicted molar refractivity (Wildman–Crippen MR) is 243 cm³/mol. The third kappa shape index (κ3) is 12.7. The highest BCUT2D eigenvalue weighted by Gasteiger charge is 2.58. The minimum atomic E-state index is -1.25. The number of cyclic esters (lactones) is 1. The molecule has 0 saturated carbocycles. The van der Waals surface area contributed by atoms with Gasteiger partial charge in [0, 0.05) is 74.4 Å². The summed E-state index contributed by atoms with van der Waals surface area (Å²) in [6, 6.07) is 6.26. The van der Waals surface area contributed by atoms with Crippen LogP contribution in [0.5, 0.6) is 0 Å². The van der Waals surface area contributed by atoms with Crippen molar-refractivity contribution in [1.82, 2.24) is 30.1 Å². The summed E-state index contributed by atoms with van der Waals surface area (Å²) in [6.45, 7) is 16.5. The molecule has 0 radical (unpaired) electrons. The molecule has 0 aliphatic carbocycles. The van der Waals surface area contributed by atoms with E-state index in [9.17, 15) is 28.5 Å². The van der Waals surface area contributed by atoms with Crippen LogP contribution < -0.4 is 11.1 Å². The van der Waals surface area contributed by atoms with Gasteiger partial charge in [-0.15, -0.1) is 5.10 Å². The fourth-order valence-electron chi connectivity index (χ4n) is 9.70. The van der Waals surface area contributed by atoms with Gasteiger partial charge in [0.05, 0.1) is 36.7 Å². The minimum absolute atomic E-state index is 0.0413. The van der Waals surface area contributed by atoms with Crippen LogP contribution in [0.25, 0.3) is 11.3 Å². The van der Waals surface area contributed by atoms with Crippen molar-refractivity contribution in [3.63, 3.8) is 0 Å². The van der Waals surface area contributed by atoms with E-state index >= 15 is 0 Å². The lowest BCUT2D eigenvalue weighted by molar-refractivity contribution is -0.296. The molecule has 3 aliphatic heterocycles. The van der Waals surface area contributed by atoms with E-state index in [1.165, 1.54) is 13.2 Å². The number of ether oxygens (including phenoxy) is 5. The minimum Gasteiger partial charge on any atom is -0.458 e. The number of esters is 1. The zero-order valence-corrected chi connectivity index (χ0v) is 40.4. The van der Waals surface area contributed by atoms with E-state index in [-0.39, 0.29) is 42.9 Å². The Kier molecular flexibility index (Phi) is 19.8. The first kappa shape index (κ1) is 53.2. The van der Waals surface area contributed by atoms with Crippen molar-refractivity contribution >= 4 is 35.7 Å². The second-order valence-corrected chi connectivity index (χ2v) is 18.5. The maximum absolute atomic E-state index is 14.4. The number of Topliss-reactive ketones (excluding diaryl/α,β-unsaturated/α-hetero) is 1. The number of aromatic nitrogens is 3. The number of nitrogens with two attached hydrogens (primary N) is 1. The predicted octanol–water partition coefficient (Wildman–Crippen LogP) is 4.88. The molecule has 0 spiro atoms. The van der Waals surface area contributed by atoms with Crippen LogP contribution in [0.15, 0.2) is 30.5 Å². The number of nitrogens with one attached hydrogen (secondary N) is 1. The van der Waals surface area contributed by atoms with Gasteiger partial charge in [-0.2, -0.15) is 3.89 Å². The fourth-order valence-corrected chi connectivity index (χ4v) is 9.70. The van der Waals surface area contributed by atoms with Crippen LogP contribution in [0.2, 0.25) is 0 Å². The van der Waals surface area contributed by atoms with Gasteiger partial charge >= 0.3 is 12.1 Å². The molecule has 4 heterocycles. The summed E-state index contributed by atoms with van der Waals surface area (Å²) in [5.41, 5.74) is 5.88. The summed E-state index contributed by atoms with van der Waals surface area (Å²) in [4.78, 5) is 45.9. The maximum atomic E-state index is 14.4. The van der Waals surface area contributed by atoms with E-state index in [4.69, 9.17) is 29.4 Å². The summed E-state index contributed by atoms with van der Waals surface area (Å²) in [5, 5.41) is 33.5. The van der Waals surface area contributed by atoms with Crippen molar-refractivity contribution in [2.75, 3.05) is 52.4 Å². The standard InChI is InChI=1S/C44H71N7O10.CH3FS/c1-11-35-44(8)38(51(42(56)61-44)18-13-12-17-50-25-33(47-48-50)31-15-14-16-32(45)22-31)30(6)46-24-26(2)23-43(7,57-10)39(28(4)36(53)29(5)40(55)59-35)60-41-37(54)34(21-27(3)58-41)49(9)19-20-52;1-3-2/h14-16,22,25-30,34-35,37-39,41,46,52,54H,11-13,17-21,23-24,45H2,1-10H3;1H3/t26-,27?,28+,29-,30-,34?,35-,37?,38-,39-,41+,43-,44-;/m1./s1. The molecule has 1 aromatic carbocycles. The molecule has 0 bridgehead atoms. The number of ketones is 1. The Bertz CT molecular complexity index is 1810. The first-order valence-corrected chi connectivity index (χ1v) is 23.6. The van der Waals surface area contributed by atoms with Gasteiger partial charge in [0.15, 0.2) is 17.7 Å². The molecule has 3 unspecified atom stereocenters. The van der Waals surface area contributed by atoms with Gasteiger partial charge in [0.1, 0.15) is 23.8 Å². The molecule has 17 nitrogen and oxygen atoms in total. The molecule has 2 aromatic rings. The van der Waals surface area contributed by atoms with Crippen molar-refractivity contribution in [3.05, 3.63) is 30.5 Å². The maximum Gasteiger partial charge on any atom is 0.410 e. The number of nitrogen functional groups attached to an aromatic ring is 1. The number of halogens is 1. The summed E-state index contributed by atoms with van der Waals surface area (Å²) in [7, 11) is 3.40. The Morgan fingerprint density at radius 2 is 1.81 bits per heavy atom. The van der Waals surface area contributed by atoms with Gasteiger partial charge < -0.3 is 44.9 Å². The number of anilines is 1. The Morgan fingerprint density at radius 3 is 2.45 bits per heavy atom. The number of hydrogen-bond donors (Lipinski definition) is 4. The number of carbonyl (C=O) groups is 3. The molecule has 19 heteroatoms. The van der Waals surface area contributed by atoms with Crippen LogP contribution in [0.1, 0.15) is 87.5 Å². The smallest absolute Gasteiger partial charge is 0.410 e. The van der Waals surface area contributed by atoms with Gasteiger partial charge in [-0.05, 0) is 98.4 Å². The number of unbranched alkanes of at least 4 members (excludes halogenated alkanes) is 1. The lowest BCUT2D eigenvalue weighted by Crippen LogP contribution is -2.61. The third-order valence-electron chi connectivity index (χ3n) is 13.2. The molecule has 13 atom stereocenters. The first-order chi connectivity index (χ1) is 30.3. The number of amides is 1. The topological polar surface area (TPSA) is 213 Å². The summed E-state index contributed by atoms with van der Waals surface area (Å²) in [5.74, 6) is -3.31. The lowest BCUT2D eigenvalue weighted by Gasteiger charge is -2.47. The lowest BCUT2D eigenvalue weighted by atomic mass is 9.78. The zero-order valence-electron chi connectivity index (χ0n) is 39.6. The third-order valence-corrected chi connectivity index (χ3v) is 13.2. The number of aliphatic hydroxyl groups excluding tert-OH is 2. The monoisotopic (exact) mass is 924 g/mol. The average molecular weight is 924 g/mol. The Hall–Kier alpha value is -3.43. The number of carbonyl (C=O) groups excluding carboxylic acids is 3. The number of benzene rings is 1. The van der Waals surface area contributed by atoms with Gasteiger partial charge in [0.25, 0.3) is 0 Å². The summed E-state index contributed by atoms with van der Waals surface area (Å²) in [6.07, 6.45) is 1.06. The summed E-state index contributed by atoms with van der Waals surface area (Å²) < 4.78 is 43.5. The molecule has 64 heavy (non-hydrogen) atoms. The Labute approximate surface area is 382 Å². The molecule has 1 amide bonds. The number of rotatable bonds is 13. The van der Waals surface area contributed by atoms with E-state index in [1.54, 1.807) is 23.6 Å². The first-order valence-electron chi connectivity index (χ1n) is 22.5. The number of likely N-dealkylation sites (N-methyl/N-ethyl adjacent to an activating group) is 1. The van der Waals surface area contributed by atoms with Gasteiger partial charge in [-0.1, -0.05) is 38.1 Å². The van der Waals surface area contributed by atoms with E-state index in [0.29, 0.717) is 64.0 Å². The van der Waals surface area contributed by atoms with Crippen LogP contribution in [-0.4, -0.2) is 160 Å². The highest BCUT2D eigenvalue weighted by Crippen LogP contribution is 2.40. The molecule has 3 saturated heterocycles. The quantitative estimate of drug-likeness (QED) is 0.0913. The van der Waals surface area contributed by atoms with E-state index in [2.05, 4.69) is 22.6 Å². The summed E-state index contributed by atoms with van der Waals surface area (Å²) >= 11 is 0.250. The SMILES string of the molecule is CC[C@H]1OC(=O)[C@H](C)C(=O)[C@H](C)[C@@H](O[C@@H]2OC(C)CC(N(C)CCO)C2O)[C@](C)(OC)C[C@@H](C)CN[C@H](C)[C@H]2N(CCCCn3cc(-c4cccc(N)c4)nn3)C(=O)O[C@]12C.CSF. The highest BCUT2D eigenvalue weighted by molar-refractivity contribution is 7.93. The molecule has 5 rings (SSSR count). The second kappa shape index (κ2) is 23.8. The molecular formula is C45H74FN7O10S. The average Bonchev–Trinajstić information content (AvgIpc) is 3.83. The van der Waals surface area contributed by atoms with Crippen LogP contribution >= 0.6 is 12.1 Å². The van der Waals surface area contributed by atoms with Crippen LogP contribution in [0.3, 0.4) is 0 Å². The Morgan fingerprint density at radius 1 is 1.12 bits per heavy atom.